The van der Waals surface area contributed by atoms with E-state index in [-0.39, 0.29) is 0 Å². The number of nitrogens with zero attached hydrogens (tertiary/aromatic N) is 8. The molecule has 0 aliphatic carbocycles. The Morgan fingerprint density at radius 1 is 0.397 bits per heavy atom. The van der Waals surface area contributed by atoms with Gasteiger partial charge in [0.05, 0.1) is 30.4 Å². The van der Waals surface area contributed by atoms with Crippen LogP contribution in [0.2, 0.25) is 0 Å². The van der Waals surface area contributed by atoms with E-state index in [9.17, 15) is 0 Å². The maximum Gasteiger partial charge on any atom is 0.213 e. The molecule has 1 N–H and O–H groups in total. The zero-order chi connectivity index (χ0) is 49.8. The van der Waals surface area contributed by atoms with Crippen molar-refractivity contribution >= 4 is 22.7 Å². The van der Waals surface area contributed by atoms with E-state index < -0.39 is 0 Å². The zero-order valence-corrected chi connectivity index (χ0v) is 44.7. The third-order valence-corrected chi connectivity index (χ3v) is 3.39. The highest BCUT2D eigenvalue weighted by molar-refractivity contribution is 7.07. The summed E-state index contributed by atoms with van der Waals surface area (Å²) in [5.74, 6) is 5.83. The second kappa shape index (κ2) is 69.0. The van der Waals surface area contributed by atoms with Gasteiger partial charge < -0.3 is 17.9 Å². The summed E-state index contributed by atoms with van der Waals surface area (Å²) in [6.07, 6.45) is 18.6. The Kier molecular flexibility index (Phi) is 79.5. The largest absolute Gasteiger partial charge is 0.473 e. The van der Waals surface area contributed by atoms with E-state index in [0.717, 1.165) is 41.4 Å². The first-order chi connectivity index (χ1) is 29.6. The van der Waals surface area contributed by atoms with Crippen molar-refractivity contribution in [3.63, 3.8) is 0 Å². The van der Waals surface area contributed by atoms with E-state index in [0.29, 0.717) is 0 Å². The van der Waals surface area contributed by atoms with Gasteiger partial charge in [0.25, 0.3) is 0 Å². The van der Waals surface area contributed by atoms with Gasteiger partial charge in [-0.05, 0) is 65.7 Å². The molecule has 0 aliphatic heterocycles. The standard InChI is InChI=1S/C4H4O.7C4H10.C3H4N2.2C3H3NO.C3H3NS.C2H2N2O.C2H2N2S/c1-2-4-5-3-1;7*1-4(2)3;1-2-4-5-3-1;1-2-5-3-4-1;1-2-4-5-3-1;1-2-5-3-4-1;1-3-2-5-4-1;1-3-4-2-5-1/h1-4H;7*4H,1-3H3;1-3H,(H,4,5);3*1-3H;2*1-2H. The molecular weight excluding hydrogens is 831 g/mol. The molecule has 0 bridgehead atoms. The summed E-state index contributed by atoms with van der Waals surface area (Å²) in [5.41, 5.74) is 5.15. The second-order valence-electron chi connectivity index (χ2n) is 16.9. The number of hydrogen-bond donors (Lipinski definition) is 1. The van der Waals surface area contributed by atoms with Crippen LogP contribution in [0.25, 0.3) is 0 Å². The molecule has 7 aromatic heterocycles. The molecule has 0 radical (unpaired) electrons. The van der Waals surface area contributed by atoms with Crippen molar-refractivity contribution in [1.29, 1.82) is 0 Å². The lowest BCUT2D eigenvalue weighted by Gasteiger charge is -1.79. The summed E-state index contributed by atoms with van der Waals surface area (Å²) in [6.45, 7) is 45.5. The molecule has 63 heavy (non-hydrogen) atoms. The van der Waals surface area contributed by atoms with Crippen LogP contribution >= 0.6 is 22.7 Å². The summed E-state index contributed by atoms with van der Waals surface area (Å²) < 4.78 is 17.6. The number of nitrogens with one attached hydrogen (secondary N) is 1. The van der Waals surface area contributed by atoms with Gasteiger partial charge in [-0.25, -0.2) is 9.97 Å². The van der Waals surface area contributed by atoms with Crippen LogP contribution in [0.5, 0.6) is 0 Å². The van der Waals surface area contributed by atoms with Crippen LogP contribution in [0.4, 0.5) is 0 Å². The molecule has 0 fully saturated rings. The molecule has 0 atom stereocenters. The summed E-state index contributed by atoms with van der Waals surface area (Å²) in [6, 6.07) is 7.22. The lowest BCUT2D eigenvalue weighted by atomic mass is 10.3. The van der Waals surface area contributed by atoms with E-state index in [1.165, 1.54) is 43.0 Å². The third-order valence-electron chi connectivity index (χ3n) is 2.44. The summed E-state index contributed by atoms with van der Waals surface area (Å²) >= 11 is 3.09. The summed E-state index contributed by atoms with van der Waals surface area (Å²) in [7, 11) is 0. The van der Waals surface area contributed by atoms with Gasteiger partial charge in [0.2, 0.25) is 6.39 Å². The molecule has 0 aliphatic rings. The average Bonchev–Trinajstić information content (AvgIpc) is 4.07. The van der Waals surface area contributed by atoms with Crippen molar-refractivity contribution in [2.45, 2.75) is 145 Å². The van der Waals surface area contributed by atoms with E-state index in [2.05, 4.69) is 209 Å². The average molecular weight is 922 g/mol. The molecule has 7 rings (SSSR count). The first kappa shape index (κ1) is 72.7. The first-order valence-electron chi connectivity index (χ1n) is 21.4. The van der Waals surface area contributed by atoms with Crippen molar-refractivity contribution in [3.8, 4) is 0 Å². The molecule has 0 amide bonds. The van der Waals surface area contributed by atoms with E-state index >= 15 is 0 Å². The first-order valence-corrected chi connectivity index (χ1v) is 23.3. The number of furan rings is 1. The highest BCUT2D eigenvalue weighted by Crippen LogP contribution is 1.86. The van der Waals surface area contributed by atoms with Gasteiger partial charge in [0.15, 0.2) is 12.7 Å². The second-order valence-corrected chi connectivity index (χ2v) is 18.3. The van der Waals surface area contributed by atoms with E-state index in [4.69, 9.17) is 0 Å². The van der Waals surface area contributed by atoms with Crippen LogP contribution in [0.1, 0.15) is 145 Å². The SMILES string of the molecule is CC(C)C.CC(C)C.CC(C)C.CC(C)C.CC(C)C.CC(C)C.CC(C)C.c1ccoc1.c1cn[nH]c1.c1cnoc1.c1cocn1.c1cscn1.c1ncon1.c1nncs1. The van der Waals surface area contributed by atoms with Crippen molar-refractivity contribution in [2.75, 3.05) is 0 Å². The fourth-order valence-corrected chi connectivity index (χ4v) is 1.86. The number of H-pyrrole nitrogens is 1. The maximum atomic E-state index is 4.58. The minimum atomic E-state index is 0.833. The van der Waals surface area contributed by atoms with Crippen LogP contribution in [-0.2, 0) is 0 Å². The van der Waals surface area contributed by atoms with Crippen LogP contribution < -0.4 is 0 Å². The Morgan fingerprint density at radius 3 is 1.00 bits per heavy atom. The van der Waals surface area contributed by atoms with E-state index in [1.807, 2.05) is 23.6 Å². The van der Waals surface area contributed by atoms with Gasteiger partial charge >= 0.3 is 0 Å². The molecule has 0 saturated heterocycles. The molecule has 0 aromatic carbocycles. The Hall–Kier alpha value is -4.76. The van der Waals surface area contributed by atoms with Crippen molar-refractivity contribution in [2.24, 2.45) is 41.4 Å². The number of oxazole rings is 1. The predicted molar refractivity (Wildman–Crippen MR) is 270 cm³/mol. The highest BCUT2D eigenvalue weighted by Gasteiger charge is 1.71. The summed E-state index contributed by atoms with van der Waals surface area (Å²) in [5, 5.41) is 21.7. The quantitative estimate of drug-likeness (QED) is 0.153. The molecule has 7 aromatic rings. The lowest BCUT2D eigenvalue weighted by molar-refractivity contribution is 0.416. The smallest absolute Gasteiger partial charge is 0.213 e. The highest BCUT2D eigenvalue weighted by atomic mass is 32.1. The maximum absolute atomic E-state index is 4.58. The van der Waals surface area contributed by atoms with Crippen LogP contribution in [0.3, 0.4) is 0 Å². The fourth-order valence-electron chi connectivity index (χ4n) is 1.24. The Balaban J connectivity index is -0.000000107. The topological polar surface area (TPSA) is 171 Å². The molecule has 0 saturated carbocycles. The fraction of sp³-hybridized carbons (Fsp3) is 0.583. The third kappa shape index (κ3) is 191. The normalized spacial score (nSPS) is 8.44. The molecule has 364 valence electrons. The number of rotatable bonds is 0. The van der Waals surface area contributed by atoms with Crippen molar-refractivity contribution < 1.29 is 17.9 Å². The molecule has 0 spiro atoms. The van der Waals surface area contributed by atoms with Crippen LogP contribution in [-0.4, -0.2) is 45.7 Å². The number of aromatic amines is 1. The van der Waals surface area contributed by atoms with Gasteiger partial charge in [0.1, 0.15) is 23.5 Å². The Bertz CT molecular complexity index is 972. The molecule has 13 nitrogen and oxygen atoms in total. The monoisotopic (exact) mass is 922 g/mol. The van der Waals surface area contributed by atoms with E-state index in [1.54, 1.807) is 77.4 Å². The predicted octanol–water partition coefficient (Wildman–Crippen LogP) is 16.4. The lowest BCUT2D eigenvalue weighted by Crippen LogP contribution is -1.66. The Morgan fingerprint density at radius 2 is 0.889 bits per heavy atom. The van der Waals surface area contributed by atoms with Gasteiger partial charge in [-0.15, -0.1) is 32.9 Å². The van der Waals surface area contributed by atoms with Crippen molar-refractivity contribution in [3.05, 3.63) is 121 Å². The minimum absolute atomic E-state index is 0.833. The van der Waals surface area contributed by atoms with Gasteiger partial charge in [-0.2, -0.15) is 5.10 Å². The van der Waals surface area contributed by atoms with Gasteiger partial charge in [-0.1, -0.05) is 156 Å². The van der Waals surface area contributed by atoms with Crippen LogP contribution in [0.15, 0.2) is 139 Å². The van der Waals surface area contributed by atoms with Gasteiger partial charge in [0, 0.05) is 24.0 Å². The molecule has 7 heterocycles. The number of aromatic nitrogens is 9. The Labute approximate surface area is 392 Å². The molecule has 0 unspecified atom stereocenters. The number of thiazole rings is 1. The molecular formula is C48H91N9O4S2. The zero-order valence-electron chi connectivity index (χ0n) is 43.1. The van der Waals surface area contributed by atoms with Crippen molar-refractivity contribution in [1.82, 2.24) is 45.7 Å². The van der Waals surface area contributed by atoms with Crippen LogP contribution in [0, 0.1) is 41.4 Å². The minimum Gasteiger partial charge on any atom is -0.473 e. The molecule has 15 heteroatoms. The summed E-state index contributed by atoms with van der Waals surface area (Å²) in [4.78, 5) is 10.7. The number of hydrogen-bond acceptors (Lipinski definition) is 14. The van der Waals surface area contributed by atoms with Gasteiger partial charge in [-0.3, -0.25) is 10.1 Å².